The van der Waals surface area contributed by atoms with E-state index >= 15 is 0 Å². The Morgan fingerprint density at radius 1 is 1.20 bits per heavy atom. The van der Waals surface area contributed by atoms with Gasteiger partial charge < -0.3 is 0 Å². The molecule has 0 atom stereocenters. The second-order valence-corrected chi connectivity index (χ2v) is 2.78. The zero-order valence-electron chi connectivity index (χ0n) is 6.06. The maximum atomic E-state index is 2.26. The Kier molecular flexibility index (Phi) is 2.98. The number of hydrogen-bond acceptors (Lipinski definition) is 0. The summed E-state index contributed by atoms with van der Waals surface area (Å²) in [5.74, 6) is 0. The SMILES string of the molecule is [Zr+2].c1cc2c([cH-]1)CCCC2. The summed E-state index contributed by atoms with van der Waals surface area (Å²) in [6.45, 7) is 0. The molecule has 0 amide bonds. The van der Waals surface area contributed by atoms with Crippen molar-refractivity contribution in [1.82, 2.24) is 0 Å². The number of fused-ring (bicyclic) bond motifs is 1. The summed E-state index contributed by atoms with van der Waals surface area (Å²) in [6, 6.07) is 6.69. The van der Waals surface area contributed by atoms with Gasteiger partial charge in [-0.05, 0) is 0 Å². The molecule has 1 aliphatic carbocycles. The van der Waals surface area contributed by atoms with Gasteiger partial charge in [-0.1, -0.05) is 25.7 Å². The van der Waals surface area contributed by atoms with Crippen molar-refractivity contribution in [1.29, 1.82) is 0 Å². The predicted octanol–water partition coefficient (Wildman–Crippen LogP) is 2.28. The van der Waals surface area contributed by atoms with Gasteiger partial charge in [-0.2, -0.15) is 23.3 Å². The molecule has 0 saturated carbocycles. The van der Waals surface area contributed by atoms with Crippen LogP contribution in [-0.4, -0.2) is 0 Å². The van der Waals surface area contributed by atoms with Crippen LogP contribution in [0.2, 0.25) is 0 Å². The molecule has 0 aromatic heterocycles. The zero-order valence-corrected chi connectivity index (χ0v) is 8.52. The molecule has 50 valence electrons. The van der Waals surface area contributed by atoms with E-state index in [1.165, 1.54) is 25.7 Å². The normalized spacial score (nSPS) is 15.6. The number of rotatable bonds is 0. The van der Waals surface area contributed by atoms with Gasteiger partial charge in [0.05, 0.1) is 0 Å². The summed E-state index contributed by atoms with van der Waals surface area (Å²) < 4.78 is 0. The average Bonchev–Trinajstić information content (AvgIpc) is 2.33. The minimum Gasteiger partial charge on any atom is -0.210 e. The molecule has 0 fully saturated rings. The monoisotopic (exact) mass is 209 g/mol. The van der Waals surface area contributed by atoms with E-state index in [9.17, 15) is 0 Å². The Morgan fingerprint density at radius 2 is 2.00 bits per heavy atom. The second-order valence-electron chi connectivity index (χ2n) is 2.78. The summed E-state index contributed by atoms with van der Waals surface area (Å²) >= 11 is 0. The van der Waals surface area contributed by atoms with E-state index in [0.717, 1.165) is 0 Å². The molecule has 0 unspecified atom stereocenters. The topological polar surface area (TPSA) is 0 Å². The minimum absolute atomic E-state index is 0. The van der Waals surface area contributed by atoms with E-state index < -0.39 is 0 Å². The van der Waals surface area contributed by atoms with E-state index in [1.54, 1.807) is 11.1 Å². The smallest absolute Gasteiger partial charge is 0.210 e. The fourth-order valence-electron chi connectivity index (χ4n) is 1.61. The Hall–Kier alpha value is 0.233. The van der Waals surface area contributed by atoms with E-state index in [-0.39, 0.29) is 26.2 Å². The Morgan fingerprint density at radius 3 is 2.80 bits per heavy atom. The predicted molar refractivity (Wildman–Crippen MR) is 38.7 cm³/mol. The first kappa shape index (κ1) is 8.33. The van der Waals surface area contributed by atoms with Crippen LogP contribution in [-0.2, 0) is 39.0 Å². The Labute approximate surface area is 81.1 Å². The molecule has 0 nitrogen and oxygen atoms in total. The minimum atomic E-state index is 0. The van der Waals surface area contributed by atoms with E-state index in [4.69, 9.17) is 0 Å². The third kappa shape index (κ3) is 1.45. The van der Waals surface area contributed by atoms with E-state index in [0.29, 0.717) is 0 Å². The van der Waals surface area contributed by atoms with Crippen LogP contribution in [0.1, 0.15) is 24.0 Å². The van der Waals surface area contributed by atoms with Gasteiger partial charge in [0.25, 0.3) is 0 Å². The first-order chi connectivity index (χ1) is 4.47. The van der Waals surface area contributed by atoms with Crippen LogP contribution < -0.4 is 0 Å². The zero-order chi connectivity index (χ0) is 6.10. The number of aryl methyl sites for hydroxylation is 2. The molecule has 0 saturated heterocycles. The van der Waals surface area contributed by atoms with Crippen LogP contribution in [0.25, 0.3) is 0 Å². The fourth-order valence-corrected chi connectivity index (χ4v) is 1.61. The third-order valence-electron chi connectivity index (χ3n) is 2.15. The van der Waals surface area contributed by atoms with Gasteiger partial charge in [-0.3, -0.25) is 0 Å². The van der Waals surface area contributed by atoms with Crippen LogP contribution >= 0.6 is 0 Å². The van der Waals surface area contributed by atoms with Crippen LogP contribution in [0, 0.1) is 0 Å². The summed E-state index contributed by atoms with van der Waals surface area (Å²) in [5, 5.41) is 0. The van der Waals surface area contributed by atoms with Crippen LogP contribution in [0.3, 0.4) is 0 Å². The first-order valence-corrected chi connectivity index (χ1v) is 3.70. The van der Waals surface area contributed by atoms with Gasteiger partial charge in [-0.25, -0.2) is 6.07 Å². The maximum Gasteiger partial charge on any atom is 2.00 e. The van der Waals surface area contributed by atoms with Gasteiger partial charge in [-0.15, -0.1) is 0 Å². The van der Waals surface area contributed by atoms with Gasteiger partial charge in [0.15, 0.2) is 0 Å². The van der Waals surface area contributed by atoms with Crippen LogP contribution in [0.4, 0.5) is 0 Å². The maximum absolute atomic E-state index is 2.26. The largest absolute Gasteiger partial charge is 2.00 e. The van der Waals surface area contributed by atoms with Crippen molar-refractivity contribution in [3.8, 4) is 0 Å². The van der Waals surface area contributed by atoms with Gasteiger partial charge in [0, 0.05) is 0 Å². The van der Waals surface area contributed by atoms with E-state index in [2.05, 4.69) is 18.2 Å². The van der Waals surface area contributed by atoms with Crippen LogP contribution in [0.5, 0.6) is 0 Å². The quantitative estimate of drug-likeness (QED) is 0.576. The fraction of sp³-hybridized carbons (Fsp3) is 0.444. The van der Waals surface area contributed by atoms with E-state index in [1.807, 2.05) is 0 Å². The van der Waals surface area contributed by atoms with Crippen molar-refractivity contribution in [2.24, 2.45) is 0 Å². The summed E-state index contributed by atoms with van der Waals surface area (Å²) in [4.78, 5) is 0. The summed E-state index contributed by atoms with van der Waals surface area (Å²) in [6.07, 6.45) is 5.44. The molecule has 1 aromatic rings. The third-order valence-corrected chi connectivity index (χ3v) is 2.15. The average molecular weight is 210 g/mol. The Bertz CT molecular complexity index is 180. The van der Waals surface area contributed by atoms with Crippen molar-refractivity contribution in [2.75, 3.05) is 0 Å². The van der Waals surface area contributed by atoms with Crippen molar-refractivity contribution < 1.29 is 26.2 Å². The Balaban J connectivity index is 0.000000500. The first-order valence-electron chi connectivity index (χ1n) is 3.70. The standard InChI is InChI=1S/C9H11.Zr/c1-2-5-9-7-3-6-8(9)4-1;/h3,6-7H,1-2,4-5H2;/q-1;+2. The molecule has 1 heteroatoms. The van der Waals surface area contributed by atoms with Gasteiger partial charge in [0.1, 0.15) is 0 Å². The van der Waals surface area contributed by atoms with Crippen molar-refractivity contribution in [3.63, 3.8) is 0 Å². The van der Waals surface area contributed by atoms with Gasteiger partial charge >= 0.3 is 26.2 Å². The molecule has 2 rings (SSSR count). The summed E-state index contributed by atoms with van der Waals surface area (Å²) in [5.41, 5.74) is 3.20. The molecule has 0 aliphatic heterocycles. The molecule has 10 heavy (non-hydrogen) atoms. The van der Waals surface area contributed by atoms with Crippen LogP contribution in [0.15, 0.2) is 18.2 Å². The molecule has 0 N–H and O–H groups in total. The number of hydrogen-bond donors (Lipinski definition) is 0. The molecule has 0 heterocycles. The van der Waals surface area contributed by atoms with Crippen molar-refractivity contribution in [3.05, 3.63) is 29.3 Å². The molecular formula is C9H11Zr+. The molecule has 1 aliphatic rings. The summed E-state index contributed by atoms with van der Waals surface area (Å²) in [7, 11) is 0. The molecule has 0 radical (unpaired) electrons. The van der Waals surface area contributed by atoms with Gasteiger partial charge in [0.2, 0.25) is 0 Å². The molecule has 0 spiro atoms. The molecular weight excluding hydrogens is 199 g/mol. The molecule has 0 bridgehead atoms. The molecule has 1 aromatic carbocycles. The van der Waals surface area contributed by atoms with Crippen molar-refractivity contribution in [2.45, 2.75) is 25.7 Å². The second kappa shape index (κ2) is 3.57. The van der Waals surface area contributed by atoms with Crippen molar-refractivity contribution >= 4 is 0 Å².